The van der Waals surface area contributed by atoms with Crippen molar-refractivity contribution in [1.29, 1.82) is 0 Å². The van der Waals surface area contributed by atoms with Crippen molar-refractivity contribution in [3.05, 3.63) is 42.4 Å². The molecule has 0 fully saturated rings. The van der Waals surface area contributed by atoms with Crippen LogP contribution >= 0.6 is 0 Å². The molecule has 0 unspecified atom stereocenters. The molecule has 0 spiro atoms. The minimum Gasteiger partial charge on any atom is -0.444 e. The highest BCUT2D eigenvalue weighted by atomic mass is 16.5. The maximum Gasteiger partial charge on any atom is 0.253 e. The first-order chi connectivity index (χ1) is 9.72. The number of carbonyl (C=O) groups is 1. The van der Waals surface area contributed by atoms with Crippen LogP contribution in [0.4, 0.5) is 0 Å². The molecule has 0 N–H and O–H groups in total. The van der Waals surface area contributed by atoms with Gasteiger partial charge >= 0.3 is 0 Å². The molecule has 0 saturated heterocycles. The quantitative estimate of drug-likeness (QED) is 0.759. The number of aromatic nitrogens is 1. The highest BCUT2D eigenvalue weighted by Crippen LogP contribution is 2.19. The van der Waals surface area contributed by atoms with E-state index < -0.39 is 0 Å². The number of hydrogen-bond acceptors (Lipinski definition) is 4. The Morgan fingerprint density at radius 2 is 2.10 bits per heavy atom. The van der Waals surface area contributed by atoms with Gasteiger partial charge in [-0.1, -0.05) is 12.1 Å². The lowest BCUT2D eigenvalue weighted by atomic mass is 10.1. The number of ether oxygens (including phenoxy) is 1. The topological polar surface area (TPSA) is 55.6 Å². The van der Waals surface area contributed by atoms with E-state index >= 15 is 0 Å². The lowest BCUT2D eigenvalue weighted by Crippen LogP contribution is -2.28. The van der Waals surface area contributed by atoms with E-state index in [4.69, 9.17) is 9.15 Å². The Morgan fingerprint density at radius 1 is 1.35 bits per heavy atom. The molecule has 2 rings (SSSR count). The van der Waals surface area contributed by atoms with Crippen molar-refractivity contribution in [2.24, 2.45) is 0 Å². The van der Waals surface area contributed by atoms with E-state index in [-0.39, 0.29) is 5.91 Å². The fourth-order valence-electron chi connectivity index (χ4n) is 1.90. The molecule has 5 nitrogen and oxygen atoms in total. The zero-order chi connectivity index (χ0) is 14.4. The Balaban J connectivity index is 2.00. The van der Waals surface area contributed by atoms with Crippen LogP contribution in [0.1, 0.15) is 16.8 Å². The molecule has 0 aliphatic heterocycles. The average molecular weight is 274 g/mol. The summed E-state index contributed by atoms with van der Waals surface area (Å²) < 4.78 is 10.2. The van der Waals surface area contributed by atoms with Crippen LogP contribution in [0.3, 0.4) is 0 Å². The molecule has 0 bridgehead atoms. The summed E-state index contributed by atoms with van der Waals surface area (Å²) in [6.45, 7) is 1.33. The number of rotatable bonds is 6. The maximum atomic E-state index is 12.2. The third-order valence-corrected chi connectivity index (χ3v) is 3.04. The number of carbonyl (C=O) groups excluding carboxylic acids is 1. The summed E-state index contributed by atoms with van der Waals surface area (Å²) in [5.41, 5.74) is 1.56. The van der Waals surface area contributed by atoms with E-state index in [2.05, 4.69) is 4.98 Å². The van der Waals surface area contributed by atoms with Crippen molar-refractivity contribution >= 4 is 5.91 Å². The summed E-state index contributed by atoms with van der Waals surface area (Å²) >= 11 is 0. The number of benzene rings is 1. The largest absolute Gasteiger partial charge is 0.444 e. The lowest BCUT2D eigenvalue weighted by Gasteiger charge is -2.17. The molecular formula is C15H18N2O3. The summed E-state index contributed by atoms with van der Waals surface area (Å²) in [4.78, 5) is 17.8. The van der Waals surface area contributed by atoms with Crippen molar-refractivity contribution in [3.8, 4) is 11.3 Å². The first-order valence-electron chi connectivity index (χ1n) is 6.45. The van der Waals surface area contributed by atoms with E-state index in [1.807, 2.05) is 12.1 Å². The Hall–Kier alpha value is -2.14. The standard InChI is InChI=1S/C15H18N2O3/c1-17(8-3-9-19-2)15(18)13-6-4-12(5-7-13)14-10-16-11-20-14/h4-7,10-11H,3,8-9H2,1-2H3. The van der Waals surface area contributed by atoms with Crippen molar-refractivity contribution in [2.75, 3.05) is 27.3 Å². The van der Waals surface area contributed by atoms with Crippen LogP contribution in [-0.4, -0.2) is 43.1 Å². The van der Waals surface area contributed by atoms with Crippen LogP contribution in [-0.2, 0) is 4.74 Å². The fraction of sp³-hybridized carbons (Fsp3) is 0.333. The minimum absolute atomic E-state index is 0.00484. The van der Waals surface area contributed by atoms with E-state index in [0.717, 1.165) is 12.0 Å². The van der Waals surface area contributed by atoms with E-state index in [1.165, 1.54) is 6.39 Å². The molecule has 1 aromatic carbocycles. The maximum absolute atomic E-state index is 12.2. The van der Waals surface area contributed by atoms with E-state index in [9.17, 15) is 4.79 Å². The van der Waals surface area contributed by atoms with Crippen LogP contribution < -0.4 is 0 Å². The molecule has 0 atom stereocenters. The smallest absolute Gasteiger partial charge is 0.253 e. The van der Waals surface area contributed by atoms with Gasteiger partial charge in [0.15, 0.2) is 12.2 Å². The van der Waals surface area contributed by atoms with Gasteiger partial charge in [0.25, 0.3) is 5.91 Å². The molecule has 0 aliphatic rings. The van der Waals surface area contributed by atoms with Crippen LogP contribution in [0, 0.1) is 0 Å². The fourth-order valence-corrected chi connectivity index (χ4v) is 1.90. The van der Waals surface area contributed by atoms with Gasteiger partial charge < -0.3 is 14.1 Å². The zero-order valence-electron chi connectivity index (χ0n) is 11.7. The zero-order valence-corrected chi connectivity index (χ0v) is 11.7. The van der Waals surface area contributed by atoms with E-state index in [0.29, 0.717) is 24.5 Å². The highest BCUT2D eigenvalue weighted by Gasteiger charge is 2.11. The Morgan fingerprint density at radius 3 is 2.70 bits per heavy atom. The Kier molecular flexibility index (Phi) is 4.90. The minimum atomic E-state index is 0.00484. The number of nitrogens with zero attached hydrogens (tertiary/aromatic N) is 2. The van der Waals surface area contributed by atoms with Crippen LogP contribution in [0.25, 0.3) is 11.3 Å². The summed E-state index contributed by atoms with van der Waals surface area (Å²) in [5.74, 6) is 0.697. The van der Waals surface area contributed by atoms with Gasteiger partial charge in [0, 0.05) is 38.4 Å². The second-order valence-electron chi connectivity index (χ2n) is 4.52. The summed E-state index contributed by atoms with van der Waals surface area (Å²) in [5, 5.41) is 0. The van der Waals surface area contributed by atoms with Crippen molar-refractivity contribution < 1.29 is 13.9 Å². The summed E-state index contributed by atoms with van der Waals surface area (Å²) in [6.07, 6.45) is 3.86. The van der Waals surface area contributed by atoms with Crippen molar-refractivity contribution in [1.82, 2.24) is 9.88 Å². The average Bonchev–Trinajstić information content (AvgIpc) is 3.01. The second kappa shape index (κ2) is 6.86. The number of hydrogen-bond donors (Lipinski definition) is 0. The summed E-state index contributed by atoms with van der Waals surface area (Å²) in [7, 11) is 3.45. The third-order valence-electron chi connectivity index (χ3n) is 3.04. The van der Waals surface area contributed by atoms with Crippen LogP contribution in [0.15, 0.2) is 41.3 Å². The van der Waals surface area contributed by atoms with Gasteiger partial charge in [0.1, 0.15) is 0 Å². The molecule has 20 heavy (non-hydrogen) atoms. The van der Waals surface area contributed by atoms with Gasteiger partial charge in [-0.05, 0) is 18.6 Å². The normalized spacial score (nSPS) is 10.5. The first kappa shape index (κ1) is 14.3. The van der Waals surface area contributed by atoms with Gasteiger partial charge in [-0.15, -0.1) is 0 Å². The third kappa shape index (κ3) is 3.45. The molecule has 0 radical (unpaired) electrons. The van der Waals surface area contributed by atoms with Crippen molar-refractivity contribution in [3.63, 3.8) is 0 Å². The lowest BCUT2D eigenvalue weighted by molar-refractivity contribution is 0.0779. The van der Waals surface area contributed by atoms with E-state index in [1.54, 1.807) is 37.4 Å². The predicted molar refractivity (Wildman–Crippen MR) is 75.4 cm³/mol. The highest BCUT2D eigenvalue weighted by molar-refractivity contribution is 5.94. The number of oxazole rings is 1. The Bertz CT molecular complexity index is 535. The molecule has 0 aliphatic carbocycles. The van der Waals surface area contributed by atoms with Crippen LogP contribution in [0.5, 0.6) is 0 Å². The molecule has 2 aromatic rings. The number of amides is 1. The second-order valence-corrected chi connectivity index (χ2v) is 4.52. The molecule has 5 heteroatoms. The van der Waals surface area contributed by atoms with Gasteiger partial charge in [0.2, 0.25) is 0 Å². The molecule has 1 aromatic heterocycles. The predicted octanol–water partition coefficient (Wildman–Crippen LogP) is 2.45. The van der Waals surface area contributed by atoms with Crippen molar-refractivity contribution in [2.45, 2.75) is 6.42 Å². The first-order valence-corrected chi connectivity index (χ1v) is 6.45. The van der Waals surface area contributed by atoms with Gasteiger partial charge in [0.05, 0.1) is 6.20 Å². The van der Waals surface area contributed by atoms with Gasteiger partial charge in [-0.25, -0.2) is 4.98 Å². The van der Waals surface area contributed by atoms with Gasteiger partial charge in [-0.3, -0.25) is 4.79 Å². The molecule has 106 valence electrons. The SMILES string of the molecule is COCCCN(C)C(=O)c1ccc(-c2cnco2)cc1. The van der Waals surface area contributed by atoms with Crippen LogP contribution in [0.2, 0.25) is 0 Å². The molecule has 1 amide bonds. The summed E-state index contributed by atoms with van der Waals surface area (Å²) in [6, 6.07) is 7.31. The number of methoxy groups -OCH3 is 1. The van der Waals surface area contributed by atoms with Gasteiger partial charge in [-0.2, -0.15) is 0 Å². The molecule has 0 saturated carbocycles. The monoisotopic (exact) mass is 274 g/mol. The molecule has 1 heterocycles. The Labute approximate surface area is 118 Å². The molecular weight excluding hydrogens is 256 g/mol.